The fourth-order valence-electron chi connectivity index (χ4n) is 20.0. The first-order valence-corrected chi connectivity index (χ1v) is 29.2. The maximum Gasteiger partial charge on any atom is 0.0591 e. The van der Waals surface area contributed by atoms with Gasteiger partial charge in [-0.3, -0.25) is 0 Å². The number of hydrogen-bond acceptors (Lipinski definition) is 2. The molecule has 2 nitrogen and oxygen atoms in total. The zero-order valence-electron chi connectivity index (χ0n) is 44.6. The highest BCUT2D eigenvalue weighted by Crippen LogP contribution is 2.79. The van der Waals surface area contributed by atoms with E-state index in [4.69, 9.17) is 0 Å². The summed E-state index contributed by atoms with van der Waals surface area (Å²) in [5, 5.41) is 0. The lowest BCUT2D eigenvalue weighted by Crippen LogP contribution is -2.48. The van der Waals surface area contributed by atoms with Crippen LogP contribution in [0.5, 0.6) is 0 Å². The largest absolute Gasteiger partial charge is 0.341 e. The predicted molar refractivity (Wildman–Crippen MR) is 293 cm³/mol. The van der Waals surface area contributed by atoms with Gasteiger partial charge in [0.25, 0.3) is 0 Å². The first-order valence-electron chi connectivity index (χ1n) is 29.2. The van der Waals surface area contributed by atoms with Crippen LogP contribution in [0.1, 0.15) is 167 Å². The summed E-state index contributed by atoms with van der Waals surface area (Å²) in [6.07, 6.45) is 44.9. The summed E-state index contributed by atoms with van der Waals surface area (Å²) >= 11 is 0. The number of benzene rings is 2. The molecule has 12 aliphatic carbocycles. The molecule has 14 rings (SSSR count). The molecule has 0 aromatic heterocycles. The van der Waals surface area contributed by atoms with E-state index < -0.39 is 0 Å². The Kier molecular flexibility index (Phi) is 9.88. The molecule has 0 aliphatic heterocycles. The number of hydrogen-bond donors (Lipinski definition) is 0. The van der Waals surface area contributed by atoms with Gasteiger partial charge in [0.1, 0.15) is 0 Å². The molecule has 2 aromatic carbocycles. The normalized spacial score (nSPS) is 39.0. The molecule has 12 unspecified atom stereocenters. The first-order chi connectivity index (χ1) is 33.8. The molecule has 3 fully saturated rings. The Morgan fingerprint density at radius 3 is 2.43 bits per heavy atom. The molecule has 366 valence electrons. The van der Waals surface area contributed by atoms with Crippen molar-refractivity contribution in [3.8, 4) is 0 Å². The van der Waals surface area contributed by atoms with Gasteiger partial charge in [-0.15, -0.1) is 0 Å². The Morgan fingerprint density at radius 1 is 0.800 bits per heavy atom. The van der Waals surface area contributed by atoms with Gasteiger partial charge in [-0.2, -0.15) is 0 Å². The number of allylic oxidation sites excluding steroid dienone is 14. The van der Waals surface area contributed by atoms with Crippen molar-refractivity contribution in [2.75, 3.05) is 4.90 Å². The van der Waals surface area contributed by atoms with E-state index >= 15 is 0 Å². The molecule has 0 radical (unpaired) electrons. The van der Waals surface area contributed by atoms with E-state index in [1.807, 2.05) is 5.56 Å². The molecule has 70 heavy (non-hydrogen) atoms. The van der Waals surface area contributed by atoms with E-state index in [0.29, 0.717) is 47.6 Å². The lowest BCUT2D eigenvalue weighted by Gasteiger charge is -2.52. The van der Waals surface area contributed by atoms with Gasteiger partial charge < -0.3 is 9.80 Å². The number of rotatable bonds is 7. The maximum absolute atomic E-state index is 3.15. The average Bonchev–Trinajstić information content (AvgIpc) is 3.91. The lowest BCUT2D eigenvalue weighted by atomic mass is 9.58. The summed E-state index contributed by atoms with van der Waals surface area (Å²) in [5.41, 5.74) is 22.4. The molecule has 0 heterocycles. The van der Waals surface area contributed by atoms with E-state index in [2.05, 4.69) is 163 Å². The van der Waals surface area contributed by atoms with Gasteiger partial charge in [-0.05, 0) is 229 Å². The van der Waals surface area contributed by atoms with Crippen molar-refractivity contribution >= 4 is 16.9 Å². The monoisotopic (exact) mass is 929 g/mol. The Bertz CT molecular complexity index is 2810. The summed E-state index contributed by atoms with van der Waals surface area (Å²) in [5.74, 6) is 6.84. The molecule has 0 saturated heterocycles. The molecule has 0 amide bonds. The summed E-state index contributed by atoms with van der Waals surface area (Å²) in [6.45, 7) is 23.2. The highest BCUT2D eigenvalue weighted by Gasteiger charge is 2.74. The third kappa shape index (κ3) is 5.92. The Labute approximate surface area is 423 Å². The Hall–Kier alpha value is -4.04. The van der Waals surface area contributed by atoms with Crippen LogP contribution in [-0.4, -0.2) is 17.0 Å². The molecule has 3 saturated carbocycles. The predicted octanol–water partition coefficient (Wildman–Crippen LogP) is 17.1. The van der Waals surface area contributed by atoms with E-state index in [0.717, 1.165) is 30.1 Å². The summed E-state index contributed by atoms with van der Waals surface area (Å²) < 4.78 is 0. The number of fused-ring (bicyclic) bond motifs is 6. The molecule has 0 bridgehead atoms. The van der Waals surface area contributed by atoms with Gasteiger partial charge in [0.15, 0.2) is 0 Å². The molecule has 2 heteroatoms. The minimum atomic E-state index is 0.106. The zero-order valence-corrected chi connectivity index (χ0v) is 44.6. The Morgan fingerprint density at radius 2 is 1.63 bits per heavy atom. The van der Waals surface area contributed by atoms with Gasteiger partial charge in [0, 0.05) is 34.2 Å². The van der Waals surface area contributed by atoms with Gasteiger partial charge in [0.05, 0.1) is 6.04 Å². The fourth-order valence-corrected chi connectivity index (χ4v) is 20.0. The summed E-state index contributed by atoms with van der Waals surface area (Å²) in [7, 11) is 0. The quantitative estimate of drug-likeness (QED) is 0.255. The van der Waals surface area contributed by atoms with Crippen molar-refractivity contribution in [2.24, 2.45) is 75.4 Å². The van der Waals surface area contributed by atoms with Crippen LogP contribution in [0.4, 0.5) is 11.4 Å². The van der Waals surface area contributed by atoms with Crippen molar-refractivity contribution in [3.05, 3.63) is 147 Å². The first kappa shape index (κ1) is 44.6. The van der Waals surface area contributed by atoms with Gasteiger partial charge >= 0.3 is 0 Å². The number of anilines is 2. The molecule has 1 spiro atoms. The van der Waals surface area contributed by atoms with Crippen molar-refractivity contribution in [2.45, 2.75) is 176 Å². The van der Waals surface area contributed by atoms with Crippen molar-refractivity contribution < 1.29 is 0 Å². The van der Waals surface area contributed by atoms with Crippen LogP contribution in [0.25, 0.3) is 5.57 Å². The second-order valence-corrected chi connectivity index (χ2v) is 27.4. The maximum atomic E-state index is 3.15. The minimum absolute atomic E-state index is 0.106. The second-order valence-electron chi connectivity index (χ2n) is 27.4. The third-order valence-corrected chi connectivity index (χ3v) is 23.0. The minimum Gasteiger partial charge on any atom is -0.341 e. The molecule has 0 N–H and O–H groups in total. The van der Waals surface area contributed by atoms with E-state index in [-0.39, 0.29) is 21.7 Å². The molecule has 2 aromatic rings. The van der Waals surface area contributed by atoms with E-state index in [1.54, 1.807) is 56.1 Å². The molecule has 13 atom stereocenters. The SMILES string of the molecule is CCC1CC(N(C2=CCC(C)CC2)C2CC=CC3=C2C(C)(C)C2C=CCCC32)=C2C=C3c4c(cc(N(c5ccc(C)cc5)C5CCCC6C7C=CC=CC7C(C)(C)C65)c5c4C24C(CC5)[C@H]14)CCC3(C)C. The van der Waals surface area contributed by atoms with Crippen LogP contribution in [-0.2, 0) is 18.3 Å². The smallest absolute Gasteiger partial charge is 0.0591 e. The molecular formula is C68H84N2. The van der Waals surface area contributed by atoms with Crippen LogP contribution in [0.2, 0.25) is 0 Å². The number of aryl methyl sites for hydroxylation is 2. The molecular weight excluding hydrogens is 845 g/mol. The zero-order chi connectivity index (χ0) is 47.8. The highest BCUT2D eigenvalue weighted by molar-refractivity contribution is 5.90. The Balaban J connectivity index is 1.01. The van der Waals surface area contributed by atoms with Gasteiger partial charge in [-0.25, -0.2) is 0 Å². The average molecular weight is 929 g/mol. The van der Waals surface area contributed by atoms with Crippen LogP contribution >= 0.6 is 0 Å². The van der Waals surface area contributed by atoms with Crippen LogP contribution in [0, 0.1) is 82.3 Å². The van der Waals surface area contributed by atoms with E-state index in [1.165, 1.54) is 101 Å². The van der Waals surface area contributed by atoms with Gasteiger partial charge in [0.2, 0.25) is 0 Å². The summed E-state index contributed by atoms with van der Waals surface area (Å²) in [4.78, 5) is 6.19. The second kappa shape index (κ2) is 15.5. The standard InChI is InChI=1S/C68H84N2/c1-10-42-37-59(70(45-31-27-41(3)28-32-45)57-24-16-20-49-47-18-12-14-22-52(47)67(8,9)63(49)57)54-39-55-60-43(35-36-65(55,4)5)38-58(50-33-34-53-61(42)68(53,54)64(50)60)69(44-29-25-40(2)26-30-44)56-23-15-19-48-46-17-11-13-21-51(46)66(6,7)62(48)56/h11,13-14,16-17,20-22,25-26,29-31,38-39,41-42,46-48,51-53,56-57,61-62H,10,12,15,18-19,23-24,27-28,32-37H2,1-9H3/t41?,42?,46?,47?,48?,51?,52?,53?,56?,57?,61-,62?,68?/m0/s1. The van der Waals surface area contributed by atoms with Crippen LogP contribution in [0.3, 0.4) is 0 Å². The van der Waals surface area contributed by atoms with Crippen molar-refractivity contribution in [1.82, 2.24) is 4.90 Å². The fraction of sp³-hybridized carbons (Fsp3) is 0.588. The highest BCUT2D eigenvalue weighted by atomic mass is 15.2. The summed E-state index contributed by atoms with van der Waals surface area (Å²) in [6, 6.07) is 13.6. The van der Waals surface area contributed by atoms with Crippen LogP contribution < -0.4 is 4.90 Å². The molecule has 12 aliphatic rings. The number of nitrogens with zero attached hydrogens (tertiary/aromatic N) is 2. The van der Waals surface area contributed by atoms with E-state index in [9.17, 15) is 0 Å². The lowest BCUT2D eigenvalue weighted by molar-refractivity contribution is 0.123. The van der Waals surface area contributed by atoms with Gasteiger partial charge in [-0.1, -0.05) is 147 Å². The van der Waals surface area contributed by atoms with Crippen molar-refractivity contribution in [1.29, 1.82) is 0 Å². The van der Waals surface area contributed by atoms with Crippen LogP contribution in [0.15, 0.2) is 119 Å². The topological polar surface area (TPSA) is 6.48 Å². The third-order valence-electron chi connectivity index (χ3n) is 23.0. The van der Waals surface area contributed by atoms with Crippen molar-refractivity contribution in [3.63, 3.8) is 0 Å².